The topological polar surface area (TPSA) is 21.3 Å². The van der Waals surface area contributed by atoms with E-state index in [9.17, 15) is 0 Å². The highest BCUT2D eigenvalue weighted by atomic mass is 79.9. The van der Waals surface area contributed by atoms with E-state index in [1.54, 1.807) is 0 Å². The second-order valence-corrected chi connectivity index (χ2v) is 4.93. The van der Waals surface area contributed by atoms with Gasteiger partial charge in [-0.2, -0.15) is 0 Å². The van der Waals surface area contributed by atoms with Crippen LogP contribution in [0.2, 0.25) is 0 Å². The third kappa shape index (κ3) is 1.79. The minimum absolute atomic E-state index is 0.0854. The summed E-state index contributed by atoms with van der Waals surface area (Å²) in [6, 6.07) is 6.18. The minimum atomic E-state index is -0.0854. The predicted molar refractivity (Wildman–Crippen MR) is 60.8 cm³/mol. The second kappa shape index (κ2) is 3.55. The molecule has 0 saturated carbocycles. The lowest BCUT2D eigenvalue weighted by Gasteiger charge is -2.23. The first-order valence-electron chi connectivity index (χ1n) is 4.75. The Bertz CT molecular complexity index is 353. The monoisotopic (exact) mass is 255 g/mol. The van der Waals surface area contributed by atoms with Crippen molar-refractivity contribution in [3.05, 3.63) is 28.2 Å². The number of hydrogen-bond donors (Lipinski definition) is 1. The van der Waals surface area contributed by atoms with Crippen molar-refractivity contribution in [3.63, 3.8) is 0 Å². The van der Waals surface area contributed by atoms with Crippen LogP contribution in [0.25, 0.3) is 0 Å². The summed E-state index contributed by atoms with van der Waals surface area (Å²) in [5.74, 6) is 1.02. The van der Waals surface area contributed by atoms with Crippen LogP contribution in [0, 0.1) is 0 Å². The first-order chi connectivity index (χ1) is 6.63. The van der Waals surface area contributed by atoms with Crippen LogP contribution in [-0.2, 0) is 6.42 Å². The molecule has 1 aromatic carbocycles. The molecule has 2 rings (SSSR count). The fraction of sp³-hybridized carbons (Fsp3) is 0.455. The molecule has 0 aromatic heterocycles. The van der Waals surface area contributed by atoms with Gasteiger partial charge in [-0.1, -0.05) is 15.9 Å². The highest BCUT2D eigenvalue weighted by Crippen LogP contribution is 2.36. The van der Waals surface area contributed by atoms with Crippen LogP contribution in [0.15, 0.2) is 22.7 Å². The molecule has 1 aliphatic rings. The molecule has 0 fully saturated rings. The summed E-state index contributed by atoms with van der Waals surface area (Å²) in [5.41, 5.74) is 1.20. The van der Waals surface area contributed by atoms with Crippen molar-refractivity contribution in [1.82, 2.24) is 5.32 Å². The minimum Gasteiger partial charge on any atom is -0.486 e. The maximum atomic E-state index is 5.91. The second-order valence-electron chi connectivity index (χ2n) is 4.01. The molecular formula is C11H14BrNO. The Morgan fingerprint density at radius 2 is 2.36 bits per heavy atom. The summed E-state index contributed by atoms with van der Waals surface area (Å²) in [7, 11) is 1.95. The van der Waals surface area contributed by atoms with E-state index in [1.165, 1.54) is 5.56 Å². The van der Waals surface area contributed by atoms with Gasteiger partial charge in [0.2, 0.25) is 0 Å². The van der Waals surface area contributed by atoms with Crippen LogP contribution in [0.3, 0.4) is 0 Å². The van der Waals surface area contributed by atoms with Gasteiger partial charge in [0.1, 0.15) is 11.4 Å². The number of hydrogen-bond acceptors (Lipinski definition) is 2. The summed E-state index contributed by atoms with van der Waals surface area (Å²) >= 11 is 3.47. The summed E-state index contributed by atoms with van der Waals surface area (Å²) in [4.78, 5) is 0. The van der Waals surface area contributed by atoms with E-state index < -0.39 is 0 Å². The number of halogens is 1. The molecule has 1 N–H and O–H groups in total. The predicted octanol–water partition coefficient (Wildman–Crippen LogP) is 2.36. The highest BCUT2D eigenvalue weighted by molar-refractivity contribution is 9.10. The average molecular weight is 256 g/mol. The quantitative estimate of drug-likeness (QED) is 0.877. The van der Waals surface area contributed by atoms with E-state index >= 15 is 0 Å². The smallest absolute Gasteiger partial charge is 0.123 e. The fourth-order valence-corrected chi connectivity index (χ4v) is 2.37. The molecule has 0 aliphatic carbocycles. The normalized spacial score (nSPS) is 24.5. The zero-order chi connectivity index (χ0) is 10.2. The first-order valence-corrected chi connectivity index (χ1v) is 5.54. The Hall–Kier alpha value is -0.540. The lowest BCUT2D eigenvalue weighted by molar-refractivity contribution is 0.117. The van der Waals surface area contributed by atoms with Crippen molar-refractivity contribution in [2.24, 2.45) is 0 Å². The van der Waals surface area contributed by atoms with Crippen molar-refractivity contribution in [2.75, 3.05) is 13.6 Å². The molecule has 0 amide bonds. The Morgan fingerprint density at radius 1 is 1.57 bits per heavy atom. The molecule has 76 valence electrons. The summed E-state index contributed by atoms with van der Waals surface area (Å²) in [6.07, 6.45) is 0.975. The van der Waals surface area contributed by atoms with Gasteiger partial charge in [0.25, 0.3) is 0 Å². The third-order valence-electron chi connectivity index (χ3n) is 2.49. The molecule has 1 aliphatic heterocycles. The van der Waals surface area contributed by atoms with Crippen LogP contribution in [0.1, 0.15) is 12.5 Å². The van der Waals surface area contributed by atoms with E-state index in [-0.39, 0.29) is 5.60 Å². The average Bonchev–Trinajstić information content (AvgIpc) is 2.40. The number of fused-ring (bicyclic) bond motifs is 1. The summed E-state index contributed by atoms with van der Waals surface area (Å²) in [6.45, 7) is 3.01. The Balaban J connectivity index is 2.25. The zero-order valence-electron chi connectivity index (χ0n) is 8.43. The molecule has 0 saturated heterocycles. The van der Waals surface area contributed by atoms with Crippen molar-refractivity contribution in [3.8, 4) is 5.75 Å². The Labute approximate surface area is 92.8 Å². The summed E-state index contributed by atoms with van der Waals surface area (Å²) < 4.78 is 7.03. The molecule has 3 heteroatoms. The first kappa shape index (κ1) is 9.99. The van der Waals surface area contributed by atoms with Gasteiger partial charge < -0.3 is 10.1 Å². The summed E-state index contributed by atoms with van der Waals surface area (Å²) in [5, 5.41) is 3.16. The Morgan fingerprint density at radius 3 is 3.07 bits per heavy atom. The molecule has 0 spiro atoms. The molecule has 0 radical (unpaired) electrons. The number of likely N-dealkylation sites (N-methyl/N-ethyl adjacent to an activating group) is 1. The van der Waals surface area contributed by atoms with Gasteiger partial charge in [-0.25, -0.2) is 0 Å². The van der Waals surface area contributed by atoms with Gasteiger partial charge in [0.05, 0.1) is 0 Å². The molecule has 0 bridgehead atoms. The molecule has 1 atom stereocenters. The van der Waals surface area contributed by atoms with E-state index in [1.807, 2.05) is 19.2 Å². The van der Waals surface area contributed by atoms with Crippen LogP contribution < -0.4 is 10.1 Å². The molecule has 1 heterocycles. The van der Waals surface area contributed by atoms with Gasteiger partial charge in [-0.05, 0) is 37.7 Å². The fourth-order valence-electron chi connectivity index (χ4n) is 1.96. The van der Waals surface area contributed by atoms with Crippen molar-refractivity contribution >= 4 is 15.9 Å². The Kier molecular flexibility index (Phi) is 2.54. The molecule has 1 aromatic rings. The lowest BCUT2D eigenvalue weighted by Crippen LogP contribution is -2.40. The van der Waals surface area contributed by atoms with Gasteiger partial charge in [-0.3, -0.25) is 0 Å². The van der Waals surface area contributed by atoms with Crippen LogP contribution in [0.4, 0.5) is 0 Å². The number of benzene rings is 1. The van der Waals surface area contributed by atoms with Gasteiger partial charge in [-0.15, -0.1) is 0 Å². The van der Waals surface area contributed by atoms with Gasteiger partial charge in [0, 0.05) is 17.4 Å². The van der Waals surface area contributed by atoms with Crippen molar-refractivity contribution < 1.29 is 4.74 Å². The van der Waals surface area contributed by atoms with Gasteiger partial charge in [0.15, 0.2) is 0 Å². The van der Waals surface area contributed by atoms with Crippen LogP contribution >= 0.6 is 15.9 Å². The maximum Gasteiger partial charge on any atom is 0.123 e. The lowest BCUT2D eigenvalue weighted by atomic mass is 9.99. The van der Waals surface area contributed by atoms with Crippen molar-refractivity contribution in [1.29, 1.82) is 0 Å². The van der Waals surface area contributed by atoms with E-state index in [0.29, 0.717) is 0 Å². The molecule has 14 heavy (non-hydrogen) atoms. The number of rotatable bonds is 2. The molecule has 2 nitrogen and oxygen atoms in total. The number of nitrogens with one attached hydrogen (secondary N) is 1. The van der Waals surface area contributed by atoms with Crippen molar-refractivity contribution in [2.45, 2.75) is 18.9 Å². The maximum absolute atomic E-state index is 5.91. The third-order valence-corrected chi connectivity index (χ3v) is 2.99. The highest BCUT2D eigenvalue weighted by Gasteiger charge is 2.33. The van der Waals surface area contributed by atoms with E-state index in [2.05, 4.69) is 34.2 Å². The number of ether oxygens (including phenoxy) is 1. The van der Waals surface area contributed by atoms with Gasteiger partial charge >= 0.3 is 0 Å². The largest absolute Gasteiger partial charge is 0.486 e. The van der Waals surface area contributed by atoms with Crippen LogP contribution in [-0.4, -0.2) is 19.2 Å². The standard InChI is InChI=1S/C11H14BrNO/c1-11(7-13-2)6-8-5-9(12)3-4-10(8)14-11/h3-5,13H,6-7H2,1-2H3. The SMILES string of the molecule is CNCC1(C)Cc2cc(Br)ccc2O1. The van der Waals surface area contributed by atoms with E-state index in [4.69, 9.17) is 4.74 Å². The van der Waals surface area contributed by atoms with Crippen LogP contribution in [0.5, 0.6) is 5.75 Å². The molecule has 1 unspecified atom stereocenters. The zero-order valence-corrected chi connectivity index (χ0v) is 10.0. The van der Waals surface area contributed by atoms with E-state index in [0.717, 1.165) is 23.2 Å². The molecular weight excluding hydrogens is 242 g/mol.